The Morgan fingerprint density at radius 1 is 1.40 bits per heavy atom. The number of likely N-dealkylation sites (N-methyl/N-ethyl adjacent to an activating group) is 1. The number of benzene rings is 1. The maximum Gasteiger partial charge on any atom is 0.335 e. The van der Waals surface area contributed by atoms with Crippen LogP contribution in [0.25, 0.3) is 0 Å². The molecule has 5 heteroatoms. The Balaban J connectivity index is 2.91. The van der Waals surface area contributed by atoms with Crippen LogP contribution in [0.5, 0.6) is 0 Å². The molecule has 0 aliphatic carbocycles. The van der Waals surface area contributed by atoms with Crippen LogP contribution in [0.4, 0.5) is 10.5 Å². The second-order valence-electron chi connectivity index (χ2n) is 4.74. The molecule has 2 N–H and O–H groups in total. The zero-order chi connectivity index (χ0) is 15.3. The number of carbonyl (C=O) groups excluding carboxylic acids is 1. The fraction of sp³-hybridized carbons (Fsp3) is 0.333. The number of anilines is 1. The molecule has 0 radical (unpaired) electrons. The van der Waals surface area contributed by atoms with Gasteiger partial charge in [0, 0.05) is 18.8 Å². The summed E-state index contributed by atoms with van der Waals surface area (Å²) >= 11 is 0. The summed E-state index contributed by atoms with van der Waals surface area (Å²) in [7, 11) is 0. The number of carboxylic acid groups (broad SMARTS) is 1. The van der Waals surface area contributed by atoms with Crippen LogP contribution in [0.1, 0.15) is 29.8 Å². The summed E-state index contributed by atoms with van der Waals surface area (Å²) in [5, 5.41) is 11.7. The molecule has 108 valence electrons. The van der Waals surface area contributed by atoms with E-state index in [-0.39, 0.29) is 11.6 Å². The number of aryl methyl sites for hydroxylation is 1. The van der Waals surface area contributed by atoms with Gasteiger partial charge in [-0.2, -0.15) is 0 Å². The van der Waals surface area contributed by atoms with Gasteiger partial charge >= 0.3 is 12.0 Å². The van der Waals surface area contributed by atoms with Crippen LogP contribution in [0, 0.1) is 6.92 Å². The molecule has 0 unspecified atom stereocenters. The predicted molar refractivity (Wildman–Crippen MR) is 79.2 cm³/mol. The van der Waals surface area contributed by atoms with Crippen molar-refractivity contribution in [2.24, 2.45) is 0 Å². The second-order valence-corrected chi connectivity index (χ2v) is 4.74. The Kier molecular flexibility index (Phi) is 5.32. The van der Waals surface area contributed by atoms with E-state index in [4.69, 9.17) is 5.11 Å². The zero-order valence-electron chi connectivity index (χ0n) is 12.1. The van der Waals surface area contributed by atoms with Gasteiger partial charge in [-0.1, -0.05) is 18.2 Å². The summed E-state index contributed by atoms with van der Waals surface area (Å²) in [6, 6.07) is 4.39. The number of nitrogens with one attached hydrogen (secondary N) is 1. The van der Waals surface area contributed by atoms with E-state index < -0.39 is 5.97 Å². The lowest BCUT2D eigenvalue weighted by molar-refractivity contribution is 0.0697. The van der Waals surface area contributed by atoms with Gasteiger partial charge in [0.1, 0.15) is 0 Å². The molecule has 0 heterocycles. The molecule has 0 fully saturated rings. The molecule has 1 aromatic carbocycles. The Bertz CT molecular complexity index is 538. The number of amides is 2. The molecule has 0 atom stereocenters. The van der Waals surface area contributed by atoms with Crippen LogP contribution in [-0.4, -0.2) is 35.1 Å². The monoisotopic (exact) mass is 276 g/mol. The van der Waals surface area contributed by atoms with Gasteiger partial charge in [-0.3, -0.25) is 0 Å². The van der Waals surface area contributed by atoms with E-state index in [0.29, 0.717) is 18.8 Å². The summed E-state index contributed by atoms with van der Waals surface area (Å²) in [6.07, 6.45) is 0. The lowest BCUT2D eigenvalue weighted by Crippen LogP contribution is -2.36. The van der Waals surface area contributed by atoms with Crippen molar-refractivity contribution >= 4 is 17.7 Å². The first-order valence-electron chi connectivity index (χ1n) is 6.39. The Hall–Kier alpha value is -2.30. The molecule has 5 nitrogen and oxygen atoms in total. The van der Waals surface area contributed by atoms with Gasteiger partial charge in [0.25, 0.3) is 0 Å². The number of nitrogens with zero attached hydrogens (tertiary/aromatic N) is 1. The molecule has 0 aliphatic heterocycles. The first kappa shape index (κ1) is 15.8. The van der Waals surface area contributed by atoms with Gasteiger partial charge < -0.3 is 15.3 Å². The molecule has 0 aliphatic rings. The minimum atomic E-state index is -1.02. The van der Waals surface area contributed by atoms with Gasteiger partial charge in [0.15, 0.2) is 0 Å². The van der Waals surface area contributed by atoms with Crippen molar-refractivity contribution < 1.29 is 14.7 Å². The molecule has 1 rings (SSSR count). The van der Waals surface area contributed by atoms with E-state index in [0.717, 1.165) is 11.1 Å². The first-order valence-corrected chi connectivity index (χ1v) is 6.39. The average molecular weight is 276 g/mol. The van der Waals surface area contributed by atoms with Crippen LogP contribution in [0.15, 0.2) is 30.4 Å². The molecular weight excluding hydrogens is 256 g/mol. The van der Waals surface area contributed by atoms with E-state index >= 15 is 0 Å². The van der Waals surface area contributed by atoms with E-state index in [1.165, 1.54) is 12.1 Å². The van der Waals surface area contributed by atoms with E-state index in [1.807, 2.05) is 20.8 Å². The number of carboxylic acids is 1. The minimum Gasteiger partial charge on any atom is -0.478 e. The van der Waals surface area contributed by atoms with Gasteiger partial charge in [-0.15, -0.1) is 0 Å². The number of hydrogen-bond donors (Lipinski definition) is 2. The van der Waals surface area contributed by atoms with Gasteiger partial charge in [0.2, 0.25) is 0 Å². The molecule has 2 amide bonds. The van der Waals surface area contributed by atoms with Crippen molar-refractivity contribution in [3.8, 4) is 0 Å². The van der Waals surface area contributed by atoms with Crippen molar-refractivity contribution in [3.63, 3.8) is 0 Å². The van der Waals surface area contributed by atoms with Crippen LogP contribution in [0.2, 0.25) is 0 Å². The molecule has 20 heavy (non-hydrogen) atoms. The number of hydrogen-bond acceptors (Lipinski definition) is 2. The summed E-state index contributed by atoms with van der Waals surface area (Å²) in [5.74, 6) is -1.02. The van der Waals surface area contributed by atoms with Crippen molar-refractivity contribution in [3.05, 3.63) is 41.5 Å². The molecule has 0 aromatic heterocycles. The van der Waals surface area contributed by atoms with Crippen molar-refractivity contribution in [2.45, 2.75) is 20.8 Å². The summed E-state index contributed by atoms with van der Waals surface area (Å²) in [4.78, 5) is 24.7. The summed E-state index contributed by atoms with van der Waals surface area (Å²) in [5.41, 5.74) is 2.36. The number of urea groups is 1. The quantitative estimate of drug-likeness (QED) is 0.812. The highest BCUT2D eigenvalue weighted by molar-refractivity contribution is 5.94. The minimum absolute atomic E-state index is 0.147. The highest BCUT2D eigenvalue weighted by atomic mass is 16.4. The maximum atomic E-state index is 12.1. The predicted octanol–water partition coefficient (Wildman–Crippen LogP) is 3.12. The lowest BCUT2D eigenvalue weighted by atomic mass is 10.1. The number of rotatable bonds is 5. The van der Waals surface area contributed by atoms with Crippen molar-refractivity contribution in [1.82, 2.24) is 4.90 Å². The smallest absolute Gasteiger partial charge is 0.335 e. The second kappa shape index (κ2) is 6.75. The van der Waals surface area contributed by atoms with Gasteiger partial charge in [-0.25, -0.2) is 9.59 Å². The molecule has 0 saturated heterocycles. The van der Waals surface area contributed by atoms with Crippen LogP contribution in [-0.2, 0) is 0 Å². The van der Waals surface area contributed by atoms with E-state index in [2.05, 4.69) is 11.9 Å². The van der Waals surface area contributed by atoms with E-state index in [9.17, 15) is 9.59 Å². The highest BCUT2D eigenvalue weighted by Gasteiger charge is 2.14. The maximum absolute atomic E-state index is 12.1. The van der Waals surface area contributed by atoms with Crippen molar-refractivity contribution in [1.29, 1.82) is 0 Å². The average Bonchev–Trinajstić information content (AvgIpc) is 2.37. The third-order valence-electron chi connectivity index (χ3n) is 2.86. The molecule has 0 saturated carbocycles. The van der Waals surface area contributed by atoms with Crippen LogP contribution < -0.4 is 5.32 Å². The van der Waals surface area contributed by atoms with E-state index in [1.54, 1.807) is 11.0 Å². The number of carbonyl (C=O) groups is 2. The van der Waals surface area contributed by atoms with Crippen molar-refractivity contribution in [2.75, 3.05) is 18.4 Å². The first-order chi connectivity index (χ1) is 9.35. The van der Waals surface area contributed by atoms with Crippen LogP contribution in [0.3, 0.4) is 0 Å². The SMILES string of the molecule is C=C(C)CN(CC)C(=O)Nc1cc(C(=O)O)ccc1C. The molecular formula is C15H20N2O3. The molecule has 0 spiro atoms. The highest BCUT2D eigenvalue weighted by Crippen LogP contribution is 2.17. The topological polar surface area (TPSA) is 69.6 Å². The molecule has 0 bridgehead atoms. The van der Waals surface area contributed by atoms with Crippen LogP contribution >= 0.6 is 0 Å². The van der Waals surface area contributed by atoms with Gasteiger partial charge in [-0.05, 0) is 38.5 Å². The summed E-state index contributed by atoms with van der Waals surface area (Å²) < 4.78 is 0. The third-order valence-corrected chi connectivity index (χ3v) is 2.86. The summed E-state index contributed by atoms with van der Waals surface area (Å²) in [6.45, 7) is 10.4. The standard InChI is InChI=1S/C15H20N2O3/c1-5-17(9-10(2)3)15(20)16-13-8-12(14(18)19)7-6-11(13)4/h6-8H,2,5,9H2,1,3-4H3,(H,16,20)(H,18,19). The fourth-order valence-electron chi connectivity index (χ4n) is 1.74. The normalized spacial score (nSPS) is 9.95. The fourth-order valence-corrected chi connectivity index (χ4v) is 1.74. The Morgan fingerprint density at radius 2 is 2.05 bits per heavy atom. The Labute approximate surface area is 118 Å². The number of aromatic carboxylic acids is 1. The lowest BCUT2D eigenvalue weighted by Gasteiger charge is -2.22. The third kappa shape index (κ3) is 4.12. The molecule has 1 aromatic rings. The van der Waals surface area contributed by atoms with Gasteiger partial charge in [0.05, 0.1) is 5.56 Å². The zero-order valence-corrected chi connectivity index (χ0v) is 12.1. The largest absolute Gasteiger partial charge is 0.478 e. The Morgan fingerprint density at radius 3 is 2.55 bits per heavy atom.